The van der Waals surface area contributed by atoms with E-state index in [0.29, 0.717) is 6.54 Å². The Morgan fingerprint density at radius 1 is 1.22 bits per heavy atom. The van der Waals surface area contributed by atoms with Gasteiger partial charge in [0.2, 0.25) is 0 Å². The van der Waals surface area contributed by atoms with E-state index < -0.39 is 11.7 Å². The van der Waals surface area contributed by atoms with Crippen LogP contribution in [-0.4, -0.2) is 9.78 Å². The maximum atomic E-state index is 12.9. The van der Waals surface area contributed by atoms with Crippen molar-refractivity contribution in [3.05, 3.63) is 53.0 Å². The first-order chi connectivity index (χ1) is 10.9. The zero-order valence-electron chi connectivity index (χ0n) is 12.7. The number of rotatable bonds is 4. The largest absolute Gasteiger partial charge is 0.461 e. The fourth-order valence-corrected chi connectivity index (χ4v) is 2.66. The van der Waals surface area contributed by atoms with Crippen molar-refractivity contribution in [2.75, 3.05) is 0 Å². The number of hydrogen-bond donors (Lipinski definition) is 1. The van der Waals surface area contributed by atoms with E-state index in [1.807, 2.05) is 31.2 Å². The zero-order valence-corrected chi connectivity index (χ0v) is 12.7. The van der Waals surface area contributed by atoms with Crippen LogP contribution < -0.4 is 5.32 Å². The molecule has 0 spiro atoms. The number of fused-ring (bicyclic) bond motifs is 1. The third-order valence-electron chi connectivity index (χ3n) is 3.86. The average Bonchev–Trinajstić information content (AvgIpc) is 3.00. The molecule has 7 heteroatoms. The summed E-state index contributed by atoms with van der Waals surface area (Å²) in [5.74, 6) is 0.764. The van der Waals surface area contributed by atoms with Gasteiger partial charge in [-0.2, -0.15) is 18.3 Å². The van der Waals surface area contributed by atoms with Gasteiger partial charge >= 0.3 is 6.18 Å². The summed E-state index contributed by atoms with van der Waals surface area (Å²) in [6.45, 7) is 2.35. The smallest absolute Gasteiger partial charge is 0.419 e. The molecule has 0 fully saturated rings. The molecule has 0 aliphatic heterocycles. The summed E-state index contributed by atoms with van der Waals surface area (Å²) in [4.78, 5) is 0. The lowest BCUT2D eigenvalue weighted by atomic mass is 10.1. The van der Waals surface area contributed by atoms with Gasteiger partial charge in [-0.3, -0.25) is 4.68 Å². The molecule has 23 heavy (non-hydrogen) atoms. The first-order valence-electron chi connectivity index (χ1n) is 7.13. The van der Waals surface area contributed by atoms with Crippen molar-refractivity contribution >= 4 is 11.0 Å². The number of aromatic nitrogens is 2. The van der Waals surface area contributed by atoms with Gasteiger partial charge in [0.05, 0.1) is 17.5 Å². The van der Waals surface area contributed by atoms with Gasteiger partial charge in [0, 0.05) is 31.1 Å². The van der Waals surface area contributed by atoms with E-state index in [2.05, 4.69) is 10.4 Å². The summed E-state index contributed by atoms with van der Waals surface area (Å²) in [7, 11) is 1.50. The minimum absolute atomic E-state index is 0.0737. The highest BCUT2D eigenvalue weighted by atomic mass is 19.4. The Morgan fingerprint density at radius 2 is 1.96 bits per heavy atom. The Balaban J connectivity index is 1.77. The third-order valence-corrected chi connectivity index (χ3v) is 3.86. The minimum atomic E-state index is -4.40. The lowest BCUT2D eigenvalue weighted by Crippen LogP contribution is -2.19. The highest BCUT2D eigenvalue weighted by Gasteiger charge is 2.35. The summed E-state index contributed by atoms with van der Waals surface area (Å²) in [5, 5.41) is 7.73. The van der Waals surface area contributed by atoms with Crippen LogP contribution in [0.1, 0.15) is 22.6 Å². The number of aryl methyl sites for hydroxylation is 2. The van der Waals surface area contributed by atoms with Crippen LogP contribution in [0.5, 0.6) is 0 Å². The predicted molar refractivity (Wildman–Crippen MR) is 79.7 cm³/mol. The van der Waals surface area contributed by atoms with Crippen molar-refractivity contribution in [3.8, 4) is 0 Å². The number of nitrogens with one attached hydrogen (secondary N) is 1. The van der Waals surface area contributed by atoms with E-state index in [1.54, 1.807) is 0 Å². The molecule has 1 N–H and O–H groups in total. The lowest BCUT2D eigenvalue weighted by molar-refractivity contribution is -0.138. The SMILES string of the molecule is Cc1oc2ccccc2c1CNCc1c(C(F)(F)F)cnn1C. The second-order valence-corrected chi connectivity index (χ2v) is 5.36. The predicted octanol–water partition coefficient (Wildman–Crippen LogP) is 3.78. The van der Waals surface area contributed by atoms with Gasteiger partial charge in [-0.05, 0) is 13.0 Å². The number of hydrogen-bond acceptors (Lipinski definition) is 3. The normalized spacial score (nSPS) is 12.2. The van der Waals surface area contributed by atoms with Crippen LogP contribution in [0.2, 0.25) is 0 Å². The molecule has 0 amide bonds. The molecule has 2 heterocycles. The molecule has 0 saturated carbocycles. The van der Waals surface area contributed by atoms with Crippen LogP contribution in [0.25, 0.3) is 11.0 Å². The highest BCUT2D eigenvalue weighted by molar-refractivity contribution is 5.82. The number of benzene rings is 1. The van der Waals surface area contributed by atoms with Crippen LogP contribution in [0.4, 0.5) is 13.2 Å². The van der Waals surface area contributed by atoms with Crippen LogP contribution in [0.3, 0.4) is 0 Å². The topological polar surface area (TPSA) is 43.0 Å². The summed E-state index contributed by atoms with van der Waals surface area (Å²) >= 11 is 0. The van der Waals surface area contributed by atoms with Gasteiger partial charge < -0.3 is 9.73 Å². The van der Waals surface area contributed by atoms with Gasteiger partial charge in [-0.25, -0.2) is 0 Å². The molecule has 0 radical (unpaired) electrons. The van der Waals surface area contributed by atoms with Crippen LogP contribution >= 0.6 is 0 Å². The van der Waals surface area contributed by atoms with Gasteiger partial charge in [-0.1, -0.05) is 18.2 Å². The number of halogens is 3. The molecule has 0 aliphatic rings. The van der Waals surface area contributed by atoms with Crippen LogP contribution in [0.15, 0.2) is 34.9 Å². The highest BCUT2D eigenvalue weighted by Crippen LogP contribution is 2.31. The molecule has 0 atom stereocenters. The Morgan fingerprint density at radius 3 is 2.70 bits per heavy atom. The second kappa shape index (κ2) is 5.73. The molecule has 0 unspecified atom stereocenters. The van der Waals surface area contributed by atoms with Crippen molar-refractivity contribution in [2.24, 2.45) is 7.05 Å². The average molecular weight is 323 g/mol. The molecule has 0 bridgehead atoms. The Kier molecular flexibility index (Phi) is 3.89. The number of para-hydroxylation sites is 1. The maximum absolute atomic E-state index is 12.9. The molecule has 4 nitrogen and oxygen atoms in total. The molecular weight excluding hydrogens is 307 g/mol. The molecule has 0 aliphatic carbocycles. The molecule has 1 aromatic carbocycles. The lowest BCUT2D eigenvalue weighted by Gasteiger charge is -2.10. The standard InChI is InChI=1S/C16H16F3N3O/c1-10-12(11-5-3-4-6-15(11)23-10)7-20-9-14-13(16(17,18)19)8-21-22(14)2/h3-6,8,20H,7,9H2,1-2H3. The van der Waals surface area contributed by atoms with Gasteiger partial charge in [0.15, 0.2) is 0 Å². The third kappa shape index (κ3) is 2.96. The van der Waals surface area contributed by atoms with Crippen LogP contribution in [0, 0.1) is 6.92 Å². The summed E-state index contributed by atoms with van der Waals surface area (Å²) in [6.07, 6.45) is -3.54. The second-order valence-electron chi connectivity index (χ2n) is 5.36. The van der Waals surface area contributed by atoms with Crippen molar-refractivity contribution in [1.29, 1.82) is 0 Å². The maximum Gasteiger partial charge on any atom is 0.419 e. The van der Waals surface area contributed by atoms with Crippen molar-refractivity contribution in [3.63, 3.8) is 0 Å². The number of alkyl halides is 3. The minimum Gasteiger partial charge on any atom is -0.461 e. The van der Waals surface area contributed by atoms with E-state index in [1.165, 1.54) is 11.7 Å². The van der Waals surface area contributed by atoms with E-state index in [4.69, 9.17) is 4.42 Å². The number of furan rings is 1. The molecule has 3 aromatic rings. The first-order valence-corrected chi connectivity index (χ1v) is 7.13. The molecular formula is C16H16F3N3O. The first kappa shape index (κ1) is 15.6. The van der Waals surface area contributed by atoms with Crippen LogP contribution in [-0.2, 0) is 26.3 Å². The molecule has 3 rings (SSSR count). The molecule has 0 saturated heterocycles. The summed E-state index contributed by atoms with van der Waals surface area (Å²) in [6, 6.07) is 7.60. The summed E-state index contributed by atoms with van der Waals surface area (Å²) in [5.41, 5.74) is 1.14. The fourth-order valence-electron chi connectivity index (χ4n) is 2.66. The monoisotopic (exact) mass is 323 g/mol. The van der Waals surface area contributed by atoms with Crippen molar-refractivity contribution in [2.45, 2.75) is 26.2 Å². The Labute approximate surface area is 130 Å². The molecule has 2 aromatic heterocycles. The fraction of sp³-hybridized carbons (Fsp3) is 0.312. The van der Waals surface area contributed by atoms with Crippen molar-refractivity contribution in [1.82, 2.24) is 15.1 Å². The van der Waals surface area contributed by atoms with Crippen molar-refractivity contribution < 1.29 is 17.6 Å². The quantitative estimate of drug-likeness (QED) is 0.794. The zero-order chi connectivity index (χ0) is 16.6. The van der Waals surface area contributed by atoms with E-state index in [-0.39, 0.29) is 12.2 Å². The van der Waals surface area contributed by atoms with E-state index >= 15 is 0 Å². The van der Waals surface area contributed by atoms with E-state index in [0.717, 1.165) is 28.5 Å². The van der Waals surface area contributed by atoms with Gasteiger partial charge in [0.25, 0.3) is 0 Å². The molecule has 122 valence electrons. The Bertz CT molecular complexity index is 833. The summed E-state index contributed by atoms with van der Waals surface area (Å²) < 4.78 is 45.7. The Hall–Kier alpha value is -2.28. The van der Waals surface area contributed by atoms with Gasteiger partial charge in [-0.15, -0.1) is 0 Å². The van der Waals surface area contributed by atoms with E-state index in [9.17, 15) is 13.2 Å². The van der Waals surface area contributed by atoms with Gasteiger partial charge in [0.1, 0.15) is 11.3 Å². The number of nitrogens with zero attached hydrogens (tertiary/aromatic N) is 2.